The van der Waals surface area contributed by atoms with Crippen LogP contribution in [0.3, 0.4) is 0 Å². The number of benzene rings is 1. The second-order valence-electron chi connectivity index (χ2n) is 4.74. The molecular formula is C16H15NOS. The summed E-state index contributed by atoms with van der Waals surface area (Å²) in [4.78, 5) is 4.25. The van der Waals surface area contributed by atoms with Gasteiger partial charge in [0.15, 0.2) is 0 Å². The third kappa shape index (κ3) is 2.53. The average Bonchev–Trinajstić information content (AvgIpc) is 2.82. The Hall–Kier alpha value is -1.71. The standard InChI is InChI=1S/C16H15NOS/c1-11-6-7-17-14(8-11)15(18)9-12-10-19-16-5-3-2-4-13(12)16/h2-8,10,15,18H,9H2,1H3. The van der Waals surface area contributed by atoms with E-state index >= 15 is 0 Å². The van der Waals surface area contributed by atoms with E-state index < -0.39 is 6.10 Å². The predicted octanol–water partition coefficient (Wildman–Crippen LogP) is 3.88. The summed E-state index contributed by atoms with van der Waals surface area (Å²) in [5.41, 5.74) is 3.06. The molecule has 1 unspecified atom stereocenters. The highest BCUT2D eigenvalue weighted by atomic mass is 32.1. The van der Waals surface area contributed by atoms with Gasteiger partial charge < -0.3 is 5.11 Å². The number of thiophene rings is 1. The molecule has 0 bridgehead atoms. The molecule has 3 heteroatoms. The van der Waals surface area contributed by atoms with Gasteiger partial charge in [-0.15, -0.1) is 11.3 Å². The minimum atomic E-state index is -0.544. The molecule has 0 amide bonds. The zero-order chi connectivity index (χ0) is 13.2. The van der Waals surface area contributed by atoms with Crippen LogP contribution >= 0.6 is 11.3 Å². The number of aryl methyl sites for hydroxylation is 1. The van der Waals surface area contributed by atoms with Gasteiger partial charge in [0, 0.05) is 17.3 Å². The fourth-order valence-corrected chi connectivity index (χ4v) is 3.22. The van der Waals surface area contributed by atoms with Crippen molar-refractivity contribution in [3.63, 3.8) is 0 Å². The van der Waals surface area contributed by atoms with Crippen LogP contribution in [0.15, 0.2) is 48.0 Å². The van der Waals surface area contributed by atoms with E-state index in [9.17, 15) is 5.11 Å². The van der Waals surface area contributed by atoms with Gasteiger partial charge in [0.05, 0.1) is 5.69 Å². The van der Waals surface area contributed by atoms with E-state index in [4.69, 9.17) is 0 Å². The van der Waals surface area contributed by atoms with Gasteiger partial charge in [-0.1, -0.05) is 18.2 Å². The molecule has 2 nitrogen and oxygen atoms in total. The Morgan fingerprint density at radius 3 is 2.95 bits per heavy atom. The molecule has 0 spiro atoms. The van der Waals surface area contributed by atoms with Gasteiger partial charge >= 0.3 is 0 Å². The molecule has 1 aromatic carbocycles. The molecule has 2 heterocycles. The number of aliphatic hydroxyl groups excluding tert-OH is 1. The number of aliphatic hydroxyl groups is 1. The third-order valence-electron chi connectivity index (χ3n) is 3.25. The van der Waals surface area contributed by atoms with Gasteiger partial charge in [-0.25, -0.2) is 0 Å². The molecule has 0 saturated heterocycles. The van der Waals surface area contributed by atoms with Crippen molar-refractivity contribution in [2.75, 3.05) is 0 Å². The van der Waals surface area contributed by atoms with Crippen LogP contribution in [-0.4, -0.2) is 10.1 Å². The molecule has 19 heavy (non-hydrogen) atoms. The lowest BCUT2D eigenvalue weighted by Gasteiger charge is -2.10. The van der Waals surface area contributed by atoms with Crippen LogP contribution in [0.5, 0.6) is 0 Å². The van der Waals surface area contributed by atoms with Crippen LogP contribution in [0, 0.1) is 6.92 Å². The second kappa shape index (κ2) is 5.11. The summed E-state index contributed by atoms with van der Waals surface area (Å²) >= 11 is 1.72. The summed E-state index contributed by atoms with van der Waals surface area (Å²) in [6.07, 6.45) is 1.82. The Labute approximate surface area is 116 Å². The Morgan fingerprint density at radius 2 is 2.11 bits per heavy atom. The van der Waals surface area contributed by atoms with Crippen molar-refractivity contribution in [3.8, 4) is 0 Å². The molecule has 3 aromatic rings. The van der Waals surface area contributed by atoms with E-state index in [1.54, 1.807) is 17.5 Å². The van der Waals surface area contributed by atoms with Gasteiger partial charge in [-0.2, -0.15) is 0 Å². The van der Waals surface area contributed by atoms with Crippen molar-refractivity contribution in [2.24, 2.45) is 0 Å². The lowest BCUT2D eigenvalue weighted by atomic mass is 10.0. The maximum Gasteiger partial charge on any atom is 0.100 e. The molecule has 2 aromatic heterocycles. The van der Waals surface area contributed by atoms with Crippen LogP contribution in [-0.2, 0) is 6.42 Å². The normalized spacial score (nSPS) is 12.7. The Balaban J connectivity index is 1.89. The number of rotatable bonds is 3. The number of fused-ring (bicyclic) bond motifs is 1. The molecule has 0 radical (unpaired) electrons. The van der Waals surface area contributed by atoms with Crippen LogP contribution < -0.4 is 0 Å². The largest absolute Gasteiger partial charge is 0.386 e. The fourth-order valence-electron chi connectivity index (χ4n) is 2.25. The first-order chi connectivity index (χ1) is 9.24. The summed E-state index contributed by atoms with van der Waals surface area (Å²) in [5.74, 6) is 0. The molecule has 3 rings (SSSR count). The molecule has 96 valence electrons. The maximum absolute atomic E-state index is 10.3. The van der Waals surface area contributed by atoms with Crippen LogP contribution in [0.2, 0.25) is 0 Å². The topological polar surface area (TPSA) is 33.1 Å². The van der Waals surface area contributed by atoms with Gasteiger partial charge in [-0.3, -0.25) is 4.98 Å². The van der Waals surface area contributed by atoms with Crippen molar-refractivity contribution in [2.45, 2.75) is 19.4 Å². The van der Waals surface area contributed by atoms with Crippen LogP contribution in [0.4, 0.5) is 0 Å². The van der Waals surface area contributed by atoms with E-state index in [0.29, 0.717) is 6.42 Å². The average molecular weight is 269 g/mol. The van der Waals surface area contributed by atoms with Gasteiger partial charge in [0.1, 0.15) is 6.10 Å². The van der Waals surface area contributed by atoms with Gasteiger partial charge in [0.25, 0.3) is 0 Å². The molecular weight excluding hydrogens is 254 g/mol. The van der Waals surface area contributed by atoms with E-state index in [1.165, 1.54) is 15.6 Å². The first kappa shape index (κ1) is 12.3. The molecule has 0 aliphatic heterocycles. The molecule has 0 aliphatic carbocycles. The molecule has 0 fully saturated rings. The molecule has 0 aliphatic rings. The Kier molecular flexibility index (Phi) is 3.32. The summed E-state index contributed by atoms with van der Waals surface area (Å²) in [7, 11) is 0. The second-order valence-corrected chi connectivity index (χ2v) is 5.65. The monoisotopic (exact) mass is 269 g/mol. The minimum Gasteiger partial charge on any atom is -0.386 e. The van der Waals surface area contributed by atoms with Crippen LogP contribution in [0.25, 0.3) is 10.1 Å². The summed E-state index contributed by atoms with van der Waals surface area (Å²) in [6, 6.07) is 12.2. The lowest BCUT2D eigenvalue weighted by molar-refractivity contribution is 0.174. The maximum atomic E-state index is 10.3. The summed E-state index contributed by atoms with van der Waals surface area (Å²) in [6.45, 7) is 2.01. The van der Waals surface area contributed by atoms with E-state index in [0.717, 1.165) is 11.3 Å². The lowest BCUT2D eigenvalue weighted by Crippen LogP contribution is -2.03. The number of aromatic nitrogens is 1. The first-order valence-corrected chi connectivity index (χ1v) is 7.18. The molecule has 1 atom stereocenters. The van der Waals surface area contributed by atoms with Crippen molar-refractivity contribution in [3.05, 3.63) is 64.8 Å². The van der Waals surface area contributed by atoms with E-state index in [1.807, 2.05) is 31.2 Å². The smallest absolute Gasteiger partial charge is 0.100 e. The predicted molar refractivity (Wildman–Crippen MR) is 79.5 cm³/mol. The first-order valence-electron chi connectivity index (χ1n) is 6.30. The number of nitrogens with zero attached hydrogens (tertiary/aromatic N) is 1. The van der Waals surface area contributed by atoms with E-state index in [-0.39, 0.29) is 0 Å². The third-order valence-corrected chi connectivity index (χ3v) is 4.26. The fraction of sp³-hybridized carbons (Fsp3) is 0.188. The highest BCUT2D eigenvalue weighted by Crippen LogP contribution is 2.29. The summed E-state index contributed by atoms with van der Waals surface area (Å²) in [5, 5.41) is 13.7. The van der Waals surface area contributed by atoms with E-state index in [2.05, 4.69) is 22.5 Å². The molecule has 0 saturated carbocycles. The zero-order valence-corrected chi connectivity index (χ0v) is 11.5. The quantitative estimate of drug-likeness (QED) is 0.782. The van der Waals surface area contributed by atoms with Crippen molar-refractivity contribution < 1.29 is 5.11 Å². The van der Waals surface area contributed by atoms with Gasteiger partial charge in [0.2, 0.25) is 0 Å². The van der Waals surface area contributed by atoms with Crippen molar-refractivity contribution >= 4 is 21.4 Å². The number of hydrogen-bond acceptors (Lipinski definition) is 3. The number of hydrogen-bond donors (Lipinski definition) is 1. The number of pyridine rings is 1. The summed E-state index contributed by atoms with van der Waals surface area (Å²) < 4.78 is 1.27. The van der Waals surface area contributed by atoms with Crippen LogP contribution in [0.1, 0.15) is 22.9 Å². The molecule has 1 N–H and O–H groups in total. The van der Waals surface area contributed by atoms with Crippen molar-refractivity contribution in [1.82, 2.24) is 4.98 Å². The van der Waals surface area contributed by atoms with Gasteiger partial charge in [-0.05, 0) is 47.0 Å². The SMILES string of the molecule is Cc1ccnc(C(O)Cc2csc3ccccc23)c1. The van der Waals surface area contributed by atoms with Crippen molar-refractivity contribution in [1.29, 1.82) is 0 Å². The highest BCUT2D eigenvalue weighted by molar-refractivity contribution is 7.17. The minimum absolute atomic E-state index is 0.544. The Bertz CT molecular complexity index is 705. The highest BCUT2D eigenvalue weighted by Gasteiger charge is 2.13. The Morgan fingerprint density at radius 1 is 1.26 bits per heavy atom. The zero-order valence-electron chi connectivity index (χ0n) is 10.7.